The van der Waals surface area contributed by atoms with Crippen molar-refractivity contribution in [2.24, 2.45) is 4.99 Å². The first kappa shape index (κ1) is 9.95. The summed E-state index contributed by atoms with van der Waals surface area (Å²) in [6, 6.07) is 0. The Morgan fingerprint density at radius 1 is 1.62 bits per heavy atom. The quantitative estimate of drug-likeness (QED) is 0.481. The molecule has 0 unspecified atom stereocenters. The fourth-order valence-corrected chi connectivity index (χ4v) is 0.976. The molecule has 1 aliphatic rings. The predicted molar refractivity (Wildman–Crippen MR) is 48.5 cm³/mol. The van der Waals surface area contributed by atoms with Crippen LogP contribution in [0.3, 0.4) is 0 Å². The molecule has 0 saturated heterocycles. The third-order valence-electron chi connectivity index (χ3n) is 1.95. The summed E-state index contributed by atoms with van der Waals surface area (Å²) >= 11 is 0. The molecule has 0 atom stereocenters. The van der Waals surface area contributed by atoms with Crippen LogP contribution in [0.1, 0.15) is 27.7 Å². The molecule has 0 N–H and O–H groups in total. The molecule has 5 nitrogen and oxygen atoms in total. The summed E-state index contributed by atoms with van der Waals surface area (Å²) in [7, 11) is 0. The third-order valence-corrected chi connectivity index (χ3v) is 1.95. The number of aliphatic imine (C=N–C) groups is 1. The van der Waals surface area contributed by atoms with Crippen LogP contribution in [0.15, 0.2) is 4.99 Å². The van der Waals surface area contributed by atoms with Crippen LogP contribution in [-0.4, -0.2) is 28.5 Å². The van der Waals surface area contributed by atoms with E-state index in [-0.39, 0.29) is 16.4 Å². The first-order valence-electron chi connectivity index (χ1n) is 4.13. The van der Waals surface area contributed by atoms with Gasteiger partial charge in [0.1, 0.15) is 6.61 Å². The summed E-state index contributed by atoms with van der Waals surface area (Å²) in [5.41, 5.74) is -1.55. The van der Waals surface area contributed by atoms with E-state index in [1.54, 1.807) is 0 Å². The van der Waals surface area contributed by atoms with Crippen molar-refractivity contribution < 1.29 is 9.66 Å². The summed E-state index contributed by atoms with van der Waals surface area (Å²) in [4.78, 5) is 14.4. The van der Waals surface area contributed by atoms with Crippen LogP contribution in [0.5, 0.6) is 0 Å². The Morgan fingerprint density at radius 3 is 2.46 bits per heavy atom. The van der Waals surface area contributed by atoms with Gasteiger partial charge in [-0.15, -0.1) is 0 Å². The first-order valence-corrected chi connectivity index (χ1v) is 4.13. The second-order valence-electron chi connectivity index (χ2n) is 4.33. The molecule has 1 aliphatic heterocycles. The number of nitro groups is 1. The van der Waals surface area contributed by atoms with Gasteiger partial charge in [-0.05, 0) is 13.8 Å². The summed E-state index contributed by atoms with van der Waals surface area (Å²) in [5, 5.41) is 10.7. The second kappa shape index (κ2) is 2.68. The highest BCUT2D eigenvalue weighted by atomic mass is 16.6. The minimum absolute atomic E-state index is 0.225. The van der Waals surface area contributed by atoms with Crippen molar-refractivity contribution in [2.75, 3.05) is 6.61 Å². The summed E-state index contributed by atoms with van der Waals surface area (Å²) in [5.74, 6) is 0.225. The third kappa shape index (κ3) is 1.79. The lowest BCUT2D eigenvalue weighted by Crippen LogP contribution is -2.40. The van der Waals surface area contributed by atoms with E-state index in [0.717, 1.165) is 0 Å². The lowest BCUT2D eigenvalue weighted by molar-refractivity contribution is -0.540. The number of rotatable bonds is 2. The molecule has 5 heteroatoms. The SMILES string of the molecule is CC1(C)COC(C(C)(C)[N+](=O)[O-])=N1. The molecule has 0 aromatic rings. The Kier molecular flexibility index (Phi) is 2.05. The standard InChI is InChI=1S/C8H14N2O3/c1-7(2)5-13-6(9-7)8(3,4)10(11)12/h5H2,1-4H3. The van der Waals surface area contributed by atoms with E-state index >= 15 is 0 Å². The molecule has 74 valence electrons. The van der Waals surface area contributed by atoms with Crippen molar-refractivity contribution in [2.45, 2.75) is 38.8 Å². The summed E-state index contributed by atoms with van der Waals surface area (Å²) < 4.78 is 5.20. The van der Waals surface area contributed by atoms with E-state index in [1.807, 2.05) is 13.8 Å². The fourth-order valence-electron chi connectivity index (χ4n) is 0.976. The van der Waals surface area contributed by atoms with Crippen LogP contribution >= 0.6 is 0 Å². The van der Waals surface area contributed by atoms with Gasteiger partial charge in [0.2, 0.25) is 0 Å². The minimum atomic E-state index is -1.21. The molecule has 0 fully saturated rings. The molecule has 1 rings (SSSR count). The zero-order valence-electron chi connectivity index (χ0n) is 8.33. The van der Waals surface area contributed by atoms with Crippen LogP contribution in [0, 0.1) is 10.1 Å². The number of nitrogens with zero attached hydrogens (tertiary/aromatic N) is 2. The monoisotopic (exact) mass is 186 g/mol. The molecule has 0 amide bonds. The summed E-state index contributed by atoms with van der Waals surface area (Å²) in [6.45, 7) is 7.17. The Bertz CT molecular complexity index is 269. The predicted octanol–water partition coefficient (Wildman–Crippen LogP) is 1.25. The van der Waals surface area contributed by atoms with Crippen LogP contribution < -0.4 is 0 Å². The molecule has 0 spiro atoms. The van der Waals surface area contributed by atoms with Gasteiger partial charge in [-0.25, -0.2) is 4.99 Å². The van der Waals surface area contributed by atoms with Crippen molar-refractivity contribution in [3.05, 3.63) is 10.1 Å². The molecular formula is C8H14N2O3. The van der Waals surface area contributed by atoms with Gasteiger partial charge in [-0.2, -0.15) is 0 Å². The van der Waals surface area contributed by atoms with E-state index in [4.69, 9.17) is 4.74 Å². The normalized spacial score (nSPS) is 20.8. The van der Waals surface area contributed by atoms with Crippen molar-refractivity contribution in [1.82, 2.24) is 0 Å². The van der Waals surface area contributed by atoms with E-state index in [9.17, 15) is 10.1 Å². The molecule has 1 heterocycles. The molecule has 0 bridgehead atoms. The molecule has 13 heavy (non-hydrogen) atoms. The molecule has 0 aromatic carbocycles. The van der Waals surface area contributed by atoms with Gasteiger partial charge in [0.05, 0.1) is 5.54 Å². The smallest absolute Gasteiger partial charge is 0.290 e. The van der Waals surface area contributed by atoms with Gasteiger partial charge in [-0.1, -0.05) is 0 Å². The van der Waals surface area contributed by atoms with Crippen LogP contribution in [0.4, 0.5) is 0 Å². The highest BCUT2D eigenvalue weighted by molar-refractivity contribution is 5.85. The van der Waals surface area contributed by atoms with Crippen molar-refractivity contribution in [3.63, 3.8) is 0 Å². The highest BCUT2D eigenvalue weighted by Gasteiger charge is 2.44. The average Bonchev–Trinajstić information content (AvgIpc) is 2.30. The van der Waals surface area contributed by atoms with Crippen LogP contribution in [-0.2, 0) is 4.74 Å². The Labute approximate surface area is 76.9 Å². The average molecular weight is 186 g/mol. The number of hydrogen-bond acceptors (Lipinski definition) is 4. The zero-order valence-corrected chi connectivity index (χ0v) is 8.33. The molecule has 0 radical (unpaired) electrons. The Hall–Kier alpha value is -1.13. The molecule has 0 saturated carbocycles. The van der Waals surface area contributed by atoms with Gasteiger partial charge in [0.15, 0.2) is 0 Å². The van der Waals surface area contributed by atoms with Crippen LogP contribution in [0.2, 0.25) is 0 Å². The lowest BCUT2D eigenvalue weighted by atomic mass is 10.1. The van der Waals surface area contributed by atoms with Gasteiger partial charge in [-0.3, -0.25) is 10.1 Å². The van der Waals surface area contributed by atoms with Crippen molar-refractivity contribution >= 4 is 5.90 Å². The van der Waals surface area contributed by atoms with Crippen molar-refractivity contribution in [1.29, 1.82) is 0 Å². The Morgan fingerprint density at radius 2 is 2.15 bits per heavy atom. The lowest BCUT2D eigenvalue weighted by Gasteiger charge is -2.13. The topological polar surface area (TPSA) is 64.7 Å². The fraction of sp³-hybridized carbons (Fsp3) is 0.875. The first-order chi connectivity index (χ1) is 5.76. The van der Waals surface area contributed by atoms with Crippen molar-refractivity contribution in [3.8, 4) is 0 Å². The van der Waals surface area contributed by atoms with E-state index in [1.165, 1.54) is 13.8 Å². The number of ether oxygens (including phenoxy) is 1. The van der Waals surface area contributed by atoms with Gasteiger partial charge in [0, 0.05) is 18.8 Å². The van der Waals surface area contributed by atoms with Crippen LogP contribution in [0.25, 0.3) is 0 Å². The van der Waals surface area contributed by atoms with Gasteiger partial charge >= 0.3 is 0 Å². The maximum absolute atomic E-state index is 10.7. The summed E-state index contributed by atoms with van der Waals surface area (Å²) in [6.07, 6.45) is 0. The highest BCUT2D eigenvalue weighted by Crippen LogP contribution is 2.23. The van der Waals surface area contributed by atoms with E-state index in [2.05, 4.69) is 4.99 Å². The zero-order chi connectivity index (χ0) is 10.3. The van der Waals surface area contributed by atoms with E-state index in [0.29, 0.717) is 6.61 Å². The largest absolute Gasteiger partial charge is 0.473 e. The maximum Gasteiger partial charge on any atom is 0.290 e. The molecule has 0 aliphatic carbocycles. The number of hydrogen-bond donors (Lipinski definition) is 0. The molecular weight excluding hydrogens is 172 g/mol. The minimum Gasteiger partial charge on any atom is -0.473 e. The van der Waals surface area contributed by atoms with Gasteiger partial charge < -0.3 is 4.74 Å². The van der Waals surface area contributed by atoms with E-state index < -0.39 is 5.54 Å². The molecule has 0 aromatic heterocycles. The van der Waals surface area contributed by atoms with Gasteiger partial charge in [0.25, 0.3) is 11.4 Å². The second-order valence-corrected chi connectivity index (χ2v) is 4.33. The maximum atomic E-state index is 10.7. The Balaban J connectivity index is 2.92.